The van der Waals surface area contributed by atoms with Crippen LogP contribution in [0.15, 0.2) is 36.9 Å². The molecule has 2 heterocycles. The molecular weight excluding hydrogens is 465 g/mol. The average molecular weight is 485 g/mol. The maximum absolute atomic E-state index is 6.47. The number of rotatable bonds is 4. The van der Waals surface area contributed by atoms with E-state index < -0.39 is 0 Å². The number of halogens is 1. The summed E-state index contributed by atoms with van der Waals surface area (Å²) < 4.78 is 0. The number of pyridine rings is 1. The molecule has 0 amide bonds. The number of nitrogens with two attached hydrogens (primary N) is 2. The summed E-state index contributed by atoms with van der Waals surface area (Å²) in [6.07, 6.45) is 1.65. The molecule has 8 heteroatoms. The summed E-state index contributed by atoms with van der Waals surface area (Å²) in [6, 6.07) is 9.25. The minimum absolute atomic E-state index is 0. The van der Waals surface area contributed by atoms with Crippen molar-refractivity contribution in [3.8, 4) is 0 Å². The monoisotopic (exact) mass is 484 g/mol. The van der Waals surface area contributed by atoms with E-state index in [0.29, 0.717) is 27.9 Å². The topological polar surface area (TPSA) is 85.5 Å². The van der Waals surface area contributed by atoms with Gasteiger partial charge in [-0.15, -0.1) is 13.1 Å². The molecule has 0 spiro atoms. The molecule has 1 aliphatic heterocycles. The van der Waals surface area contributed by atoms with E-state index in [1.165, 1.54) is 5.01 Å². The number of hydrogen-bond donors (Lipinski definition) is 2. The van der Waals surface area contributed by atoms with Gasteiger partial charge in [-0.25, -0.2) is 10.8 Å². The van der Waals surface area contributed by atoms with E-state index in [2.05, 4.69) is 21.8 Å². The minimum Gasteiger partial charge on any atom is -0.659 e. The molecule has 4 N–H and O–H groups in total. The molecule has 3 rings (SSSR count). The fraction of sp³-hybridized carbons (Fsp3) is 0.235. The molecule has 0 unspecified atom stereocenters. The molecule has 1 aliphatic rings. The number of aromatic nitrogens is 1. The van der Waals surface area contributed by atoms with Crippen molar-refractivity contribution < 1.29 is 41.3 Å². The minimum atomic E-state index is 0. The van der Waals surface area contributed by atoms with Gasteiger partial charge in [0.15, 0.2) is 5.82 Å². The zero-order valence-electron chi connectivity index (χ0n) is 13.9. The fourth-order valence-corrected chi connectivity index (χ4v) is 2.95. The van der Waals surface area contributed by atoms with Gasteiger partial charge in [0.2, 0.25) is 0 Å². The maximum Gasteiger partial charge on any atom is 0.171 e. The summed E-state index contributed by atoms with van der Waals surface area (Å²) in [7, 11) is 0. The first-order valence-electron chi connectivity index (χ1n) is 7.71. The third-order valence-corrected chi connectivity index (χ3v) is 4.27. The Morgan fingerprint density at radius 3 is 2.60 bits per heavy atom. The standard InChI is InChI=1S/C17H20ClN6.Pr/c1-2-12-3-5-15(19)17(22-12)24(20)13-4-6-16(14(18)11-13)23-9-7-21-8-10-23;/h2-6,11H,1,7-10,19-20H2;/q-1;. The van der Waals surface area contributed by atoms with Crippen LogP contribution < -0.4 is 21.5 Å². The van der Waals surface area contributed by atoms with Crippen molar-refractivity contribution in [3.63, 3.8) is 0 Å². The van der Waals surface area contributed by atoms with Crippen molar-refractivity contribution in [3.05, 3.63) is 52.9 Å². The first kappa shape index (κ1) is 20.4. The van der Waals surface area contributed by atoms with Gasteiger partial charge in [0.25, 0.3) is 0 Å². The molecule has 1 aromatic carbocycles. The molecule has 25 heavy (non-hydrogen) atoms. The number of benzene rings is 1. The molecule has 6 nitrogen and oxygen atoms in total. The van der Waals surface area contributed by atoms with Crippen LogP contribution in [0.5, 0.6) is 0 Å². The Kier molecular flexibility index (Phi) is 7.46. The Morgan fingerprint density at radius 2 is 1.96 bits per heavy atom. The summed E-state index contributed by atoms with van der Waals surface area (Å²) in [5.41, 5.74) is 8.89. The van der Waals surface area contributed by atoms with Gasteiger partial charge >= 0.3 is 0 Å². The summed E-state index contributed by atoms with van der Waals surface area (Å²) in [6.45, 7) is 7.13. The Balaban J connectivity index is 0.00000225. The summed E-state index contributed by atoms with van der Waals surface area (Å²) in [5, 5.41) is 6.43. The van der Waals surface area contributed by atoms with E-state index in [9.17, 15) is 0 Å². The van der Waals surface area contributed by atoms with E-state index in [-0.39, 0.29) is 41.3 Å². The number of nitrogens with zero attached hydrogens (tertiary/aromatic N) is 4. The van der Waals surface area contributed by atoms with E-state index in [1.807, 2.05) is 18.2 Å². The van der Waals surface area contributed by atoms with Crippen LogP contribution in [0, 0.1) is 41.3 Å². The van der Waals surface area contributed by atoms with Crippen LogP contribution in [0.4, 0.5) is 22.9 Å². The van der Waals surface area contributed by atoms with Crippen LogP contribution in [0.3, 0.4) is 0 Å². The van der Waals surface area contributed by atoms with E-state index in [4.69, 9.17) is 23.2 Å². The van der Waals surface area contributed by atoms with Gasteiger partial charge in [-0.1, -0.05) is 18.2 Å². The zero-order valence-corrected chi connectivity index (χ0v) is 18.4. The number of piperazine rings is 1. The molecule has 129 valence electrons. The van der Waals surface area contributed by atoms with Crippen LogP contribution in [0.25, 0.3) is 11.4 Å². The van der Waals surface area contributed by atoms with Gasteiger partial charge in [-0.2, -0.15) is 0 Å². The zero-order chi connectivity index (χ0) is 17.1. The molecule has 0 bridgehead atoms. The number of nitrogen functional groups attached to an aromatic ring is 1. The van der Waals surface area contributed by atoms with Gasteiger partial charge in [-0.3, -0.25) is 5.01 Å². The molecule has 1 radical (unpaired) electrons. The van der Waals surface area contributed by atoms with Gasteiger partial charge in [0.1, 0.15) is 0 Å². The smallest absolute Gasteiger partial charge is 0.171 e. The van der Waals surface area contributed by atoms with Crippen molar-refractivity contribution in [1.29, 1.82) is 0 Å². The molecule has 0 aliphatic carbocycles. The molecule has 1 fully saturated rings. The van der Waals surface area contributed by atoms with Gasteiger partial charge in [-0.05, 0) is 49.5 Å². The summed E-state index contributed by atoms with van der Waals surface area (Å²) in [5.74, 6) is 6.67. The molecular formula is C17H20ClN6Pr-. The second kappa shape index (κ2) is 9.15. The summed E-state index contributed by atoms with van der Waals surface area (Å²) >= 11 is 6.47. The summed E-state index contributed by atoms with van der Waals surface area (Å²) in [4.78, 5) is 6.63. The van der Waals surface area contributed by atoms with Crippen molar-refractivity contribution in [1.82, 2.24) is 4.98 Å². The third kappa shape index (κ3) is 4.63. The Morgan fingerprint density at radius 1 is 1.24 bits per heavy atom. The predicted molar refractivity (Wildman–Crippen MR) is 102 cm³/mol. The van der Waals surface area contributed by atoms with Crippen LogP contribution in [-0.2, 0) is 0 Å². The van der Waals surface area contributed by atoms with E-state index >= 15 is 0 Å². The second-order valence-corrected chi connectivity index (χ2v) is 5.92. The van der Waals surface area contributed by atoms with Crippen molar-refractivity contribution in [2.75, 3.05) is 41.8 Å². The number of anilines is 4. The largest absolute Gasteiger partial charge is 0.659 e. The molecule has 1 aromatic heterocycles. The van der Waals surface area contributed by atoms with E-state index in [0.717, 1.165) is 31.9 Å². The second-order valence-electron chi connectivity index (χ2n) is 5.52. The predicted octanol–water partition coefficient (Wildman–Crippen LogP) is 3.17. The first-order chi connectivity index (χ1) is 11.6. The fourth-order valence-electron chi connectivity index (χ4n) is 2.65. The van der Waals surface area contributed by atoms with Crippen molar-refractivity contribution in [2.24, 2.45) is 5.84 Å². The molecule has 2 aromatic rings. The van der Waals surface area contributed by atoms with Gasteiger partial charge in [0.05, 0.1) is 27.8 Å². The van der Waals surface area contributed by atoms with Gasteiger partial charge < -0.3 is 16.0 Å². The molecule has 0 atom stereocenters. The van der Waals surface area contributed by atoms with Crippen molar-refractivity contribution >= 4 is 40.6 Å². The quantitative estimate of drug-likeness (QED) is 0.514. The van der Waals surface area contributed by atoms with Crippen molar-refractivity contribution in [2.45, 2.75) is 0 Å². The third-order valence-electron chi connectivity index (χ3n) is 3.97. The van der Waals surface area contributed by atoms with E-state index in [1.54, 1.807) is 18.2 Å². The Labute approximate surface area is 186 Å². The SMILES string of the molecule is C=Cc1ccc(N)c(N(N)c2ccc(N3CC[N-]CC3)c(Cl)c2)n1.[Pr]. The normalized spacial score (nSPS) is 13.9. The first-order valence-corrected chi connectivity index (χ1v) is 8.09. The maximum atomic E-state index is 6.47. The van der Waals surface area contributed by atoms with Crippen LogP contribution in [0.2, 0.25) is 5.02 Å². The molecule has 1 saturated heterocycles. The Hall–Kier alpha value is -0.916. The number of hydrogen-bond acceptors (Lipinski definition) is 5. The van der Waals surface area contributed by atoms with Crippen LogP contribution in [-0.4, -0.2) is 31.2 Å². The number of hydrazine groups is 1. The Bertz CT molecular complexity index is 748. The van der Waals surface area contributed by atoms with Crippen LogP contribution in [0.1, 0.15) is 5.69 Å². The average Bonchev–Trinajstić information content (AvgIpc) is 2.62. The van der Waals surface area contributed by atoms with Gasteiger partial charge in [0, 0.05) is 41.3 Å². The van der Waals surface area contributed by atoms with Crippen LogP contribution >= 0.6 is 11.6 Å². The molecule has 0 saturated carbocycles.